The highest BCUT2D eigenvalue weighted by Crippen LogP contribution is 2.54. The van der Waals surface area contributed by atoms with E-state index in [4.69, 9.17) is 19.5 Å². The van der Waals surface area contributed by atoms with Crippen molar-refractivity contribution in [2.24, 2.45) is 17.8 Å². The molecule has 1 aromatic carbocycles. The molecule has 3 fully saturated rings. The Hall–Kier alpha value is -3.56. The van der Waals surface area contributed by atoms with E-state index >= 15 is 0 Å². The number of fused-ring (bicyclic) bond motifs is 1. The third-order valence-electron chi connectivity index (χ3n) is 9.61. The molecular weight excluding hydrogens is 509 g/mol. The molecule has 3 aromatic heterocycles. The number of hydrogen-bond acceptors (Lipinski definition) is 7. The minimum absolute atomic E-state index is 0.176. The Labute approximate surface area is 232 Å². The molecule has 2 N–H and O–H groups in total. The summed E-state index contributed by atoms with van der Waals surface area (Å²) in [6.07, 6.45) is 10.2. The second-order valence-corrected chi connectivity index (χ2v) is 12.4. The van der Waals surface area contributed by atoms with E-state index in [2.05, 4.69) is 33.9 Å². The predicted molar refractivity (Wildman–Crippen MR) is 149 cm³/mol. The van der Waals surface area contributed by atoms with Crippen molar-refractivity contribution in [3.63, 3.8) is 0 Å². The third-order valence-corrected chi connectivity index (χ3v) is 9.61. The van der Waals surface area contributed by atoms with Crippen molar-refractivity contribution in [3.8, 4) is 11.6 Å². The zero-order chi connectivity index (χ0) is 27.4. The first-order valence-electron chi connectivity index (χ1n) is 14.8. The normalized spacial score (nSPS) is 23.2. The molecule has 0 spiro atoms. The lowest BCUT2D eigenvalue weighted by molar-refractivity contribution is 0.264. The molecule has 40 heavy (non-hydrogen) atoms. The number of H-pyrrole nitrogens is 1. The summed E-state index contributed by atoms with van der Waals surface area (Å²) in [5, 5.41) is 7.55. The maximum atomic E-state index is 14.4. The van der Waals surface area contributed by atoms with Crippen LogP contribution in [0.3, 0.4) is 0 Å². The molecule has 0 saturated heterocycles. The number of benzene rings is 1. The lowest BCUT2D eigenvalue weighted by atomic mass is 9.80. The van der Waals surface area contributed by atoms with Gasteiger partial charge in [-0.3, -0.25) is 9.51 Å². The molecule has 1 unspecified atom stereocenters. The molecule has 0 amide bonds. The summed E-state index contributed by atoms with van der Waals surface area (Å²) in [6, 6.07) is 7.15. The van der Waals surface area contributed by atoms with Gasteiger partial charge in [-0.1, -0.05) is 43.5 Å². The zero-order valence-corrected chi connectivity index (χ0v) is 23.1. The van der Waals surface area contributed by atoms with Crippen LogP contribution in [0.1, 0.15) is 83.0 Å². The Morgan fingerprint density at radius 1 is 1.15 bits per heavy atom. The fourth-order valence-electron chi connectivity index (χ4n) is 6.71. The van der Waals surface area contributed by atoms with Gasteiger partial charge in [-0.25, -0.2) is 24.1 Å². The lowest BCUT2D eigenvalue weighted by Crippen LogP contribution is -2.31. The predicted octanol–water partition coefficient (Wildman–Crippen LogP) is 5.82. The molecule has 3 heterocycles. The molecule has 0 aliphatic heterocycles. The first kappa shape index (κ1) is 25.4. The summed E-state index contributed by atoms with van der Waals surface area (Å²) >= 11 is 0. The summed E-state index contributed by atoms with van der Waals surface area (Å²) in [5.74, 6) is 3.03. The number of imidazole rings is 1. The molecule has 9 nitrogen and oxygen atoms in total. The second kappa shape index (κ2) is 9.82. The van der Waals surface area contributed by atoms with Crippen LogP contribution < -0.4 is 11.1 Å². The first-order chi connectivity index (χ1) is 19.4. The molecule has 4 aromatic rings. The van der Waals surface area contributed by atoms with Crippen LogP contribution in [0.4, 0.5) is 10.2 Å². The van der Waals surface area contributed by atoms with Gasteiger partial charge in [0.2, 0.25) is 11.6 Å². The number of halogens is 1. The standard InChI is InChI=1S/C30H36FN7O2/c1-17-9-11-19(12-10-17)16-38-23-24(32-18(2)20-5-3-6-20)33-26(27-36-29(39)40-37-27)34-25(23)35-28(38)30(13-14-30)21-7-4-8-22(31)15-21/h4,7-8,15,17-20H,3,5-6,9-14,16H2,1-2H3,(H,32,33,34)(H,36,37,39). The average molecular weight is 546 g/mol. The summed E-state index contributed by atoms with van der Waals surface area (Å²) in [7, 11) is 0. The SMILES string of the molecule is CC1CCC(Cn2c(C3(c4cccc(F)c4)CC3)nc3nc(-c4noc(=O)[nH]4)nc(NC(C)C4CCC4)c32)CC1. The van der Waals surface area contributed by atoms with Crippen molar-refractivity contribution in [1.82, 2.24) is 29.7 Å². The Bertz CT molecular complexity index is 1590. The highest BCUT2D eigenvalue weighted by molar-refractivity contribution is 5.86. The molecule has 0 radical (unpaired) electrons. The van der Waals surface area contributed by atoms with Crippen LogP contribution in [-0.2, 0) is 12.0 Å². The highest BCUT2D eigenvalue weighted by Gasteiger charge is 2.50. The molecule has 3 aliphatic rings. The number of rotatable bonds is 8. The van der Waals surface area contributed by atoms with Gasteiger partial charge in [0.25, 0.3) is 0 Å². The van der Waals surface area contributed by atoms with E-state index in [0.29, 0.717) is 23.3 Å². The Morgan fingerprint density at radius 2 is 1.95 bits per heavy atom. The molecule has 210 valence electrons. The summed E-state index contributed by atoms with van der Waals surface area (Å²) in [5.41, 5.74) is 2.02. The molecular formula is C30H36FN7O2. The molecule has 1 atom stereocenters. The molecule has 0 bridgehead atoms. The van der Waals surface area contributed by atoms with Crippen LogP contribution in [-0.4, -0.2) is 35.7 Å². The summed E-state index contributed by atoms with van der Waals surface area (Å²) < 4.78 is 21.5. The van der Waals surface area contributed by atoms with E-state index in [-0.39, 0.29) is 28.9 Å². The van der Waals surface area contributed by atoms with Crippen LogP contribution in [0.5, 0.6) is 0 Å². The quantitative estimate of drug-likeness (QED) is 0.287. The maximum Gasteiger partial charge on any atom is 0.439 e. The third kappa shape index (κ3) is 4.51. The van der Waals surface area contributed by atoms with Gasteiger partial charge in [0.15, 0.2) is 11.5 Å². The molecule has 3 aliphatic carbocycles. The average Bonchev–Trinajstić information content (AvgIpc) is 3.46. The Balaban J connectivity index is 1.40. The summed E-state index contributed by atoms with van der Waals surface area (Å²) in [4.78, 5) is 29.2. The van der Waals surface area contributed by atoms with Gasteiger partial charge in [-0.15, -0.1) is 0 Å². The van der Waals surface area contributed by atoms with Gasteiger partial charge in [0.1, 0.15) is 17.2 Å². The van der Waals surface area contributed by atoms with E-state index < -0.39 is 5.76 Å². The van der Waals surface area contributed by atoms with Gasteiger partial charge in [-0.05, 0) is 80.9 Å². The van der Waals surface area contributed by atoms with Crippen molar-refractivity contribution >= 4 is 17.0 Å². The molecule has 10 heteroatoms. The van der Waals surface area contributed by atoms with Gasteiger partial charge in [0.05, 0.1) is 5.41 Å². The number of hydrogen-bond donors (Lipinski definition) is 2. The van der Waals surface area contributed by atoms with Crippen molar-refractivity contribution in [1.29, 1.82) is 0 Å². The van der Waals surface area contributed by atoms with Gasteiger partial charge in [-0.2, -0.15) is 0 Å². The minimum Gasteiger partial charge on any atom is -0.365 e. The highest BCUT2D eigenvalue weighted by atomic mass is 19.1. The molecule has 3 saturated carbocycles. The number of aromatic amines is 1. The smallest absolute Gasteiger partial charge is 0.365 e. The lowest BCUT2D eigenvalue weighted by Gasteiger charge is -2.32. The largest absolute Gasteiger partial charge is 0.439 e. The van der Waals surface area contributed by atoms with E-state index in [1.165, 1.54) is 51.0 Å². The fraction of sp³-hybridized carbons (Fsp3) is 0.567. The second-order valence-electron chi connectivity index (χ2n) is 12.4. The van der Waals surface area contributed by atoms with Gasteiger partial charge >= 0.3 is 5.76 Å². The fourth-order valence-corrected chi connectivity index (χ4v) is 6.71. The van der Waals surface area contributed by atoms with E-state index in [9.17, 15) is 9.18 Å². The van der Waals surface area contributed by atoms with Crippen LogP contribution in [0.2, 0.25) is 0 Å². The number of nitrogens with one attached hydrogen (secondary N) is 2. The number of anilines is 1. The number of aromatic nitrogens is 6. The Kier molecular flexibility index (Phi) is 6.24. The monoisotopic (exact) mass is 545 g/mol. The van der Waals surface area contributed by atoms with Gasteiger partial charge < -0.3 is 9.88 Å². The van der Waals surface area contributed by atoms with Crippen LogP contribution in [0, 0.1) is 23.6 Å². The van der Waals surface area contributed by atoms with E-state index in [0.717, 1.165) is 42.2 Å². The van der Waals surface area contributed by atoms with Crippen molar-refractivity contribution in [3.05, 3.63) is 52.0 Å². The minimum atomic E-state index is -0.656. The first-order valence-corrected chi connectivity index (χ1v) is 14.8. The van der Waals surface area contributed by atoms with Crippen LogP contribution >= 0.6 is 0 Å². The number of nitrogens with zero attached hydrogens (tertiary/aromatic N) is 5. The van der Waals surface area contributed by atoms with Crippen LogP contribution in [0.15, 0.2) is 33.6 Å². The van der Waals surface area contributed by atoms with Gasteiger partial charge in [0, 0.05) is 12.6 Å². The van der Waals surface area contributed by atoms with E-state index in [1.54, 1.807) is 12.1 Å². The zero-order valence-electron chi connectivity index (χ0n) is 23.1. The summed E-state index contributed by atoms with van der Waals surface area (Å²) in [6.45, 7) is 5.37. The topological polar surface area (TPSA) is 115 Å². The van der Waals surface area contributed by atoms with Crippen LogP contribution in [0.25, 0.3) is 22.8 Å². The van der Waals surface area contributed by atoms with Crippen molar-refractivity contribution in [2.75, 3.05) is 5.32 Å². The molecule has 7 rings (SSSR count). The Morgan fingerprint density at radius 3 is 2.60 bits per heavy atom. The maximum absolute atomic E-state index is 14.4. The van der Waals surface area contributed by atoms with Crippen molar-refractivity contribution in [2.45, 2.75) is 89.6 Å². The van der Waals surface area contributed by atoms with Crippen molar-refractivity contribution < 1.29 is 8.91 Å². The van der Waals surface area contributed by atoms with E-state index in [1.807, 2.05) is 6.07 Å².